The Morgan fingerprint density at radius 1 is 1.22 bits per heavy atom. The van der Waals surface area contributed by atoms with Crippen LogP contribution in [-0.4, -0.2) is 22.2 Å². The third kappa shape index (κ3) is 4.42. The molecule has 1 saturated carbocycles. The van der Waals surface area contributed by atoms with Gasteiger partial charge in [-0.2, -0.15) is 5.10 Å². The molecule has 1 aliphatic rings. The van der Waals surface area contributed by atoms with E-state index in [4.69, 9.17) is 11.6 Å². The SMILES string of the molecule is O=C(Cc1ccc(Cl)cc1)NCCn1nc(C2CC2)ccc1=O. The molecule has 3 rings (SSSR count). The summed E-state index contributed by atoms with van der Waals surface area (Å²) < 4.78 is 1.43. The monoisotopic (exact) mass is 331 g/mol. The Balaban J connectivity index is 1.50. The van der Waals surface area contributed by atoms with Gasteiger partial charge in [-0.3, -0.25) is 9.59 Å². The van der Waals surface area contributed by atoms with E-state index in [1.807, 2.05) is 12.1 Å². The van der Waals surface area contributed by atoms with Gasteiger partial charge in [0.15, 0.2) is 0 Å². The molecule has 1 N–H and O–H groups in total. The van der Waals surface area contributed by atoms with Crippen molar-refractivity contribution in [1.82, 2.24) is 15.1 Å². The molecule has 6 heteroatoms. The lowest BCUT2D eigenvalue weighted by Gasteiger charge is -2.08. The number of hydrogen-bond donors (Lipinski definition) is 1. The highest BCUT2D eigenvalue weighted by atomic mass is 35.5. The first-order chi connectivity index (χ1) is 11.1. The third-order valence-electron chi connectivity index (χ3n) is 3.81. The van der Waals surface area contributed by atoms with Gasteiger partial charge >= 0.3 is 0 Å². The Labute approximate surface area is 139 Å². The second-order valence-corrected chi connectivity index (χ2v) is 6.18. The second-order valence-electron chi connectivity index (χ2n) is 5.75. The van der Waals surface area contributed by atoms with E-state index < -0.39 is 0 Å². The number of benzene rings is 1. The summed E-state index contributed by atoms with van der Waals surface area (Å²) in [6, 6.07) is 10.5. The van der Waals surface area contributed by atoms with Crippen LogP contribution in [-0.2, 0) is 17.8 Å². The van der Waals surface area contributed by atoms with Crippen LogP contribution in [0.3, 0.4) is 0 Å². The first kappa shape index (κ1) is 15.7. The minimum Gasteiger partial charge on any atom is -0.354 e. The fourth-order valence-electron chi connectivity index (χ4n) is 2.37. The van der Waals surface area contributed by atoms with Crippen LogP contribution in [0, 0.1) is 0 Å². The molecule has 23 heavy (non-hydrogen) atoms. The minimum absolute atomic E-state index is 0.0845. The average Bonchev–Trinajstić information content (AvgIpc) is 3.36. The number of carbonyl (C=O) groups is 1. The lowest BCUT2D eigenvalue weighted by atomic mass is 10.1. The molecule has 1 amide bonds. The van der Waals surface area contributed by atoms with Crippen LogP contribution in [0.4, 0.5) is 0 Å². The van der Waals surface area contributed by atoms with E-state index in [1.165, 1.54) is 4.68 Å². The van der Waals surface area contributed by atoms with Crippen LogP contribution in [0.1, 0.15) is 30.0 Å². The summed E-state index contributed by atoms with van der Waals surface area (Å²) in [7, 11) is 0. The molecule has 0 spiro atoms. The fraction of sp³-hybridized carbons (Fsp3) is 0.353. The summed E-state index contributed by atoms with van der Waals surface area (Å²) in [6.07, 6.45) is 2.58. The quantitative estimate of drug-likeness (QED) is 0.882. The number of aromatic nitrogens is 2. The van der Waals surface area contributed by atoms with Crippen molar-refractivity contribution in [2.75, 3.05) is 6.54 Å². The van der Waals surface area contributed by atoms with E-state index in [2.05, 4.69) is 10.4 Å². The molecule has 2 aromatic rings. The highest BCUT2D eigenvalue weighted by Crippen LogP contribution is 2.38. The molecule has 0 atom stereocenters. The van der Waals surface area contributed by atoms with Crippen molar-refractivity contribution >= 4 is 17.5 Å². The first-order valence-corrected chi connectivity index (χ1v) is 8.09. The summed E-state index contributed by atoms with van der Waals surface area (Å²) in [6.45, 7) is 0.763. The zero-order valence-corrected chi connectivity index (χ0v) is 13.4. The Bertz CT molecular complexity index is 751. The summed E-state index contributed by atoms with van der Waals surface area (Å²) in [4.78, 5) is 23.7. The summed E-state index contributed by atoms with van der Waals surface area (Å²) in [5.41, 5.74) is 1.73. The largest absolute Gasteiger partial charge is 0.354 e. The summed E-state index contributed by atoms with van der Waals surface area (Å²) >= 11 is 5.81. The number of hydrogen-bond acceptors (Lipinski definition) is 3. The van der Waals surface area contributed by atoms with Crippen LogP contribution in [0.15, 0.2) is 41.2 Å². The van der Waals surface area contributed by atoms with Crippen molar-refractivity contribution in [3.8, 4) is 0 Å². The van der Waals surface area contributed by atoms with Gasteiger partial charge in [-0.05, 0) is 36.6 Å². The lowest BCUT2D eigenvalue weighted by molar-refractivity contribution is -0.120. The molecular formula is C17H18ClN3O2. The summed E-state index contributed by atoms with van der Waals surface area (Å²) in [5.74, 6) is 0.417. The van der Waals surface area contributed by atoms with E-state index in [0.29, 0.717) is 30.5 Å². The summed E-state index contributed by atoms with van der Waals surface area (Å²) in [5, 5.41) is 7.83. The molecule has 0 saturated heterocycles. The zero-order valence-electron chi connectivity index (χ0n) is 12.7. The lowest BCUT2D eigenvalue weighted by Crippen LogP contribution is -2.32. The molecule has 1 aromatic carbocycles. The molecular weight excluding hydrogens is 314 g/mol. The second kappa shape index (κ2) is 6.96. The fourth-order valence-corrected chi connectivity index (χ4v) is 2.50. The maximum absolute atomic E-state index is 11.9. The number of rotatable bonds is 6. The molecule has 5 nitrogen and oxygen atoms in total. The maximum Gasteiger partial charge on any atom is 0.266 e. The van der Waals surface area contributed by atoms with Gasteiger partial charge in [0.25, 0.3) is 5.56 Å². The number of carbonyl (C=O) groups excluding carboxylic acids is 1. The minimum atomic E-state index is -0.138. The zero-order chi connectivity index (χ0) is 16.2. The van der Waals surface area contributed by atoms with Crippen LogP contribution in [0.25, 0.3) is 0 Å². The van der Waals surface area contributed by atoms with Gasteiger partial charge in [-0.25, -0.2) is 4.68 Å². The Hall–Kier alpha value is -2.14. The maximum atomic E-state index is 11.9. The van der Waals surface area contributed by atoms with E-state index in [-0.39, 0.29) is 11.5 Å². The standard InChI is InChI=1S/C17H18ClN3O2/c18-14-5-1-12(2-6-14)11-16(22)19-9-10-21-17(23)8-7-15(20-21)13-3-4-13/h1-2,5-8,13H,3-4,9-11H2,(H,19,22). The molecule has 1 aromatic heterocycles. The smallest absolute Gasteiger partial charge is 0.266 e. The van der Waals surface area contributed by atoms with Crippen molar-refractivity contribution in [2.24, 2.45) is 0 Å². The Morgan fingerprint density at radius 2 is 1.96 bits per heavy atom. The van der Waals surface area contributed by atoms with Gasteiger partial charge in [0.2, 0.25) is 5.91 Å². The van der Waals surface area contributed by atoms with Gasteiger partial charge in [0.1, 0.15) is 0 Å². The van der Waals surface area contributed by atoms with Gasteiger partial charge in [0, 0.05) is 23.6 Å². The van der Waals surface area contributed by atoms with Crippen molar-refractivity contribution in [2.45, 2.75) is 31.7 Å². The van der Waals surface area contributed by atoms with Crippen molar-refractivity contribution in [1.29, 1.82) is 0 Å². The molecule has 0 bridgehead atoms. The first-order valence-electron chi connectivity index (χ1n) is 7.71. The molecule has 0 radical (unpaired) electrons. The van der Waals surface area contributed by atoms with Gasteiger partial charge in [-0.1, -0.05) is 23.7 Å². The van der Waals surface area contributed by atoms with E-state index in [0.717, 1.165) is 24.1 Å². The third-order valence-corrected chi connectivity index (χ3v) is 4.06. The average molecular weight is 332 g/mol. The molecule has 1 aliphatic carbocycles. The molecule has 120 valence electrons. The highest BCUT2D eigenvalue weighted by Gasteiger charge is 2.25. The van der Waals surface area contributed by atoms with E-state index >= 15 is 0 Å². The molecule has 0 unspecified atom stereocenters. The molecule has 1 fully saturated rings. The van der Waals surface area contributed by atoms with Crippen molar-refractivity contribution in [3.63, 3.8) is 0 Å². The van der Waals surface area contributed by atoms with Crippen molar-refractivity contribution < 1.29 is 4.79 Å². The van der Waals surface area contributed by atoms with Gasteiger partial charge < -0.3 is 5.32 Å². The normalized spacial score (nSPS) is 13.8. The number of nitrogens with one attached hydrogen (secondary N) is 1. The number of nitrogens with zero attached hydrogens (tertiary/aromatic N) is 2. The van der Waals surface area contributed by atoms with E-state index in [1.54, 1.807) is 24.3 Å². The highest BCUT2D eigenvalue weighted by molar-refractivity contribution is 6.30. The van der Waals surface area contributed by atoms with Crippen LogP contribution < -0.4 is 10.9 Å². The topological polar surface area (TPSA) is 64.0 Å². The predicted octanol–water partition coefficient (Wildman–Crippen LogP) is 2.13. The number of amides is 1. The van der Waals surface area contributed by atoms with Crippen LogP contribution in [0.5, 0.6) is 0 Å². The Kier molecular flexibility index (Phi) is 4.76. The predicted molar refractivity (Wildman–Crippen MR) is 88.6 cm³/mol. The van der Waals surface area contributed by atoms with Gasteiger partial charge in [0.05, 0.1) is 18.7 Å². The van der Waals surface area contributed by atoms with Crippen LogP contribution in [0.2, 0.25) is 5.02 Å². The Morgan fingerprint density at radius 3 is 2.65 bits per heavy atom. The number of halogens is 1. The van der Waals surface area contributed by atoms with Crippen molar-refractivity contribution in [3.05, 3.63) is 63.0 Å². The van der Waals surface area contributed by atoms with Crippen LogP contribution >= 0.6 is 11.6 Å². The molecule has 0 aliphatic heterocycles. The van der Waals surface area contributed by atoms with E-state index in [9.17, 15) is 9.59 Å². The van der Waals surface area contributed by atoms with Gasteiger partial charge in [-0.15, -0.1) is 0 Å². The molecule has 1 heterocycles.